The molecule has 8 nitrogen and oxygen atoms in total. The fraction of sp³-hybridized carbons (Fsp3) is 0.217. The highest BCUT2D eigenvalue weighted by Crippen LogP contribution is 2.37. The molecule has 0 aliphatic carbocycles. The van der Waals surface area contributed by atoms with E-state index in [1.807, 2.05) is 26.0 Å². The van der Waals surface area contributed by atoms with Crippen molar-refractivity contribution in [2.24, 2.45) is 0 Å². The Labute approximate surface area is 196 Å². The average Bonchev–Trinajstić information content (AvgIpc) is 3.50. The van der Waals surface area contributed by atoms with Crippen molar-refractivity contribution in [1.82, 2.24) is 10.1 Å². The number of aromatic nitrogens is 2. The standard InChI is InChI=1S/C23H23N3O5S2/c1-14-6-7-16(12-15(14)2)26(3)33(27,28)20-10-11-32-21(20)23-24-22(25-31-23)18-9-8-17(29-4)13-19(18)30-5/h6-13H,1-5H3. The molecule has 0 fully saturated rings. The number of aryl methyl sites for hydroxylation is 2. The molecule has 0 spiro atoms. The van der Waals surface area contributed by atoms with Crippen LogP contribution in [0.25, 0.3) is 22.2 Å². The van der Waals surface area contributed by atoms with E-state index in [4.69, 9.17) is 14.0 Å². The van der Waals surface area contributed by atoms with Crippen LogP contribution in [0.2, 0.25) is 0 Å². The molecule has 172 valence electrons. The summed E-state index contributed by atoms with van der Waals surface area (Å²) in [6.45, 7) is 3.93. The van der Waals surface area contributed by atoms with Crippen LogP contribution in [-0.2, 0) is 10.0 Å². The fourth-order valence-corrected chi connectivity index (χ4v) is 5.77. The third-order valence-electron chi connectivity index (χ3n) is 5.39. The molecule has 4 rings (SSSR count). The summed E-state index contributed by atoms with van der Waals surface area (Å²) in [6, 6.07) is 12.3. The summed E-state index contributed by atoms with van der Waals surface area (Å²) < 4.78 is 44.2. The Morgan fingerprint density at radius 3 is 2.48 bits per heavy atom. The average molecular weight is 486 g/mol. The zero-order valence-corrected chi connectivity index (χ0v) is 20.5. The summed E-state index contributed by atoms with van der Waals surface area (Å²) in [5, 5.41) is 5.73. The second-order valence-corrected chi connectivity index (χ2v) is 10.2. The number of hydrogen-bond donors (Lipinski definition) is 0. The zero-order valence-electron chi connectivity index (χ0n) is 18.8. The van der Waals surface area contributed by atoms with Gasteiger partial charge in [0.2, 0.25) is 5.82 Å². The first-order chi connectivity index (χ1) is 15.8. The predicted molar refractivity (Wildman–Crippen MR) is 128 cm³/mol. The minimum atomic E-state index is -3.86. The van der Waals surface area contributed by atoms with E-state index in [9.17, 15) is 8.42 Å². The van der Waals surface area contributed by atoms with E-state index in [1.54, 1.807) is 42.8 Å². The van der Waals surface area contributed by atoms with Crippen LogP contribution in [0.1, 0.15) is 11.1 Å². The zero-order chi connectivity index (χ0) is 23.8. The molecule has 0 saturated heterocycles. The number of benzene rings is 2. The van der Waals surface area contributed by atoms with Crippen LogP contribution in [0.5, 0.6) is 11.5 Å². The van der Waals surface area contributed by atoms with Crippen molar-refractivity contribution < 1.29 is 22.4 Å². The summed E-state index contributed by atoms with van der Waals surface area (Å²) in [4.78, 5) is 4.92. The van der Waals surface area contributed by atoms with E-state index in [0.29, 0.717) is 27.6 Å². The van der Waals surface area contributed by atoms with Gasteiger partial charge in [0.25, 0.3) is 15.9 Å². The van der Waals surface area contributed by atoms with Gasteiger partial charge in [0.05, 0.1) is 25.5 Å². The number of ether oxygens (including phenoxy) is 2. The van der Waals surface area contributed by atoms with Gasteiger partial charge < -0.3 is 14.0 Å². The maximum atomic E-state index is 13.4. The highest BCUT2D eigenvalue weighted by molar-refractivity contribution is 7.93. The third-order valence-corrected chi connectivity index (χ3v) is 8.25. The van der Waals surface area contributed by atoms with Gasteiger partial charge in [0.15, 0.2) is 0 Å². The van der Waals surface area contributed by atoms with Gasteiger partial charge >= 0.3 is 0 Å². The van der Waals surface area contributed by atoms with Crippen LogP contribution in [-0.4, -0.2) is 39.8 Å². The lowest BCUT2D eigenvalue weighted by Crippen LogP contribution is -2.26. The van der Waals surface area contributed by atoms with Gasteiger partial charge in [-0.05, 0) is 60.7 Å². The number of methoxy groups -OCH3 is 2. The molecule has 0 saturated carbocycles. The molecule has 0 bridgehead atoms. The predicted octanol–water partition coefficient (Wildman–Crippen LogP) is 4.92. The van der Waals surface area contributed by atoms with Crippen LogP contribution in [0.4, 0.5) is 5.69 Å². The maximum Gasteiger partial charge on any atom is 0.269 e. The van der Waals surface area contributed by atoms with Crippen molar-refractivity contribution in [1.29, 1.82) is 0 Å². The lowest BCUT2D eigenvalue weighted by molar-refractivity contribution is 0.394. The Morgan fingerprint density at radius 1 is 1.00 bits per heavy atom. The Bertz CT molecular complexity index is 1410. The quantitative estimate of drug-likeness (QED) is 0.366. The van der Waals surface area contributed by atoms with Crippen LogP contribution < -0.4 is 13.8 Å². The molecule has 0 amide bonds. The summed E-state index contributed by atoms with van der Waals surface area (Å²) >= 11 is 1.22. The molecular weight excluding hydrogens is 462 g/mol. The van der Waals surface area contributed by atoms with Crippen LogP contribution in [0, 0.1) is 13.8 Å². The number of rotatable bonds is 7. The molecule has 2 aromatic heterocycles. The van der Waals surface area contributed by atoms with Crippen molar-refractivity contribution in [2.45, 2.75) is 18.7 Å². The van der Waals surface area contributed by atoms with Gasteiger partial charge in [-0.3, -0.25) is 4.31 Å². The monoisotopic (exact) mass is 485 g/mol. The van der Waals surface area contributed by atoms with E-state index in [1.165, 1.54) is 29.8 Å². The second-order valence-electron chi connectivity index (χ2n) is 7.34. The molecule has 0 unspecified atom stereocenters. The SMILES string of the molecule is COc1ccc(-c2noc(-c3sccc3S(=O)(=O)N(C)c3ccc(C)c(C)c3)n2)c(OC)c1. The number of anilines is 1. The first-order valence-electron chi connectivity index (χ1n) is 9.96. The smallest absolute Gasteiger partial charge is 0.269 e. The number of sulfonamides is 1. The van der Waals surface area contributed by atoms with E-state index in [0.717, 1.165) is 11.1 Å². The summed E-state index contributed by atoms with van der Waals surface area (Å²) in [5.41, 5.74) is 3.27. The Kier molecular flexibility index (Phi) is 6.13. The third kappa shape index (κ3) is 4.19. The van der Waals surface area contributed by atoms with Crippen molar-refractivity contribution in [2.75, 3.05) is 25.6 Å². The number of nitrogens with zero attached hydrogens (tertiary/aromatic N) is 3. The summed E-state index contributed by atoms with van der Waals surface area (Å²) in [5.74, 6) is 1.53. The van der Waals surface area contributed by atoms with Gasteiger partial charge in [-0.2, -0.15) is 4.98 Å². The Morgan fingerprint density at radius 2 is 1.79 bits per heavy atom. The number of hydrogen-bond acceptors (Lipinski definition) is 8. The lowest BCUT2D eigenvalue weighted by Gasteiger charge is -2.20. The van der Waals surface area contributed by atoms with E-state index < -0.39 is 10.0 Å². The van der Waals surface area contributed by atoms with Gasteiger partial charge in [-0.25, -0.2) is 8.42 Å². The van der Waals surface area contributed by atoms with Crippen molar-refractivity contribution >= 4 is 27.0 Å². The molecule has 0 N–H and O–H groups in total. The lowest BCUT2D eigenvalue weighted by atomic mass is 10.1. The highest BCUT2D eigenvalue weighted by Gasteiger charge is 2.29. The largest absolute Gasteiger partial charge is 0.497 e. The van der Waals surface area contributed by atoms with Crippen LogP contribution in [0.3, 0.4) is 0 Å². The molecule has 33 heavy (non-hydrogen) atoms. The summed E-state index contributed by atoms with van der Waals surface area (Å²) in [6.07, 6.45) is 0. The van der Waals surface area contributed by atoms with Crippen molar-refractivity contribution in [3.05, 3.63) is 59.0 Å². The number of thiophene rings is 1. The van der Waals surface area contributed by atoms with E-state index in [2.05, 4.69) is 10.1 Å². The fourth-order valence-electron chi connectivity index (χ4n) is 3.27. The topological polar surface area (TPSA) is 94.8 Å². The van der Waals surface area contributed by atoms with Crippen LogP contribution >= 0.6 is 11.3 Å². The van der Waals surface area contributed by atoms with Gasteiger partial charge in [-0.1, -0.05) is 11.2 Å². The van der Waals surface area contributed by atoms with Gasteiger partial charge in [0.1, 0.15) is 21.3 Å². The van der Waals surface area contributed by atoms with Crippen molar-refractivity contribution in [3.8, 4) is 33.7 Å². The van der Waals surface area contributed by atoms with E-state index >= 15 is 0 Å². The normalized spacial score (nSPS) is 11.4. The first kappa shape index (κ1) is 22.8. The molecule has 10 heteroatoms. The maximum absolute atomic E-state index is 13.4. The minimum Gasteiger partial charge on any atom is -0.497 e. The second kappa shape index (κ2) is 8.87. The van der Waals surface area contributed by atoms with Crippen LogP contribution in [0.15, 0.2) is 57.3 Å². The molecule has 0 atom stereocenters. The van der Waals surface area contributed by atoms with Crippen molar-refractivity contribution in [3.63, 3.8) is 0 Å². The summed E-state index contributed by atoms with van der Waals surface area (Å²) in [7, 11) is 0.768. The minimum absolute atomic E-state index is 0.102. The highest BCUT2D eigenvalue weighted by atomic mass is 32.2. The first-order valence-corrected chi connectivity index (χ1v) is 12.3. The molecular formula is C23H23N3O5S2. The molecule has 2 heterocycles. The molecule has 4 aromatic rings. The molecule has 0 aliphatic heterocycles. The van der Waals surface area contributed by atoms with E-state index in [-0.39, 0.29) is 16.6 Å². The molecule has 2 aromatic carbocycles. The molecule has 0 radical (unpaired) electrons. The molecule has 0 aliphatic rings. The van der Waals surface area contributed by atoms with Gasteiger partial charge in [0, 0.05) is 13.1 Å². The van der Waals surface area contributed by atoms with Gasteiger partial charge in [-0.15, -0.1) is 11.3 Å². The Balaban J connectivity index is 1.71. The Hall–Kier alpha value is -3.37.